The van der Waals surface area contributed by atoms with Crippen LogP contribution in [0.25, 0.3) is 10.9 Å². The van der Waals surface area contributed by atoms with Crippen LogP contribution < -0.4 is 131 Å². The average Bonchev–Trinajstić information content (AvgIpc) is 1.64. The highest BCUT2D eigenvalue weighted by molar-refractivity contribution is 6.02. The molecule has 15 atom stereocenters. The summed E-state index contributed by atoms with van der Waals surface area (Å²) in [6, 6.07) is -8.94. The molecule has 47 nitrogen and oxygen atoms in total. The fourth-order valence-corrected chi connectivity index (χ4v) is 17.6. The van der Waals surface area contributed by atoms with Gasteiger partial charge in [-0.2, -0.15) is 0 Å². The lowest BCUT2D eigenvalue weighted by Gasteiger charge is -2.34. The summed E-state index contributed by atoms with van der Waals surface area (Å²) in [5.74, 6) is -15.9. The Kier molecular flexibility index (Phi) is 51.6. The average molecular weight is 2010 g/mol. The third-order valence-corrected chi connectivity index (χ3v) is 25.2. The van der Waals surface area contributed by atoms with Crippen molar-refractivity contribution in [2.45, 2.75) is 325 Å². The standard InChI is InChI=1S/C96H161N31O16/c1-8-9-10-11-35-77(129)113-60-52-76-90(141)124-72(49-56(4)5)87(138)119-69(32-22-45-110-95(104)105)83(134)121-71(48-55(2)3)86(137)117-65(28-15-18-41-98)80(131)114-64(27-14-17-40-97)79(130)115-67(30-20-43-108-93(100)101)81(132)116-68(31-21-44-109-94(102)103)84(135)123-74(51-59-53-112-63-26-13-12-25-62(59)63)89(140)118-66(29-16-19-42-99)82(133)122-73(50-58-36-38-61(128)39-37-58)88(139)120-70(33-23-46-111-96(106)107)85(136)125-78(57(6)7)92(143)126-47-24-34-75(126)91(142)127(76)54-60/h12-13,25-26,36-39,53,55-57,60,64-76,78,112,128H,8-11,14-24,27-35,40-52,54,97-99H2,1-7H3,(H,113,129)(H,114,131)(H,115,130)(H,116,132)(H,117,137)(H,118,140)(H,119,138)(H,120,139)(H,121,134)(H,122,133)(H,123,135)(H,124,141)(H,125,136)(H4,100,101,108)(H4,102,103,109)(H4,104,105,110)(H4,106,107,111)/t60-,64-,65-,66-,67-,68-,69-,70-,71-,72-,73-,74-,75+,76-,78-/m0/s1. The fourth-order valence-electron chi connectivity index (χ4n) is 17.6. The molecule has 3 aromatic rings. The van der Waals surface area contributed by atoms with Gasteiger partial charge in [0.2, 0.25) is 88.6 Å². The Balaban J connectivity index is 1.57. The Morgan fingerprint density at radius 3 is 1.17 bits per heavy atom. The van der Waals surface area contributed by atoms with Crippen molar-refractivity contribution in [3.63, 3.8) is 0 Å². The highest BCUT2D eigenvalue weighted by atomic mass is 16.3. The van der Waals surface area contributed by atoms with Gasteiger partial charge in [-0.25, -0.2) is 0 Å². The summed E-state index contributed by atoms with van der Waals surface area (Å²) < 4.78 is 0. The number of guanidine groups is 4. The molecule has 3 aliphatic rings. The highest BCUT2D eigenvalue weighted by Crippen LogP contribution is 2.29. The van der Waals surface area contributed by atoms with E-state index in [-0.39, 0.29) is 224 Å². The van der Waals surface area contributed by atoms with Crippen LogP contribution in [0.3, 0.4) is 0 Å². The molecular formula is C96H161N31O16. The van der Waals surface area contributed by atoms with E-state index in [0.717, 1.165) is 19.3 Å². The summed E-state index contributed by atoms with van der Waals surface area (Å²) in [7, 11) is 0. The van der Waals surface area contributed by atoms with Crippen molar-refractivity contribution in [1.29, 1.82) is 21.6 Å². The summed E-state index contributed by atoms with van der Waals surface area (Å²) in [5.41, 5.74) is 42.4. The van der Waals surface area contributed by atoms with Gasteiger partial charge in [-0.05, 0) is 214 Å². The number of nitrogens with zero attached hydrogens (tertiary/aromatic N) is 2. The second-order valence-electron chi connectivity index (χ2n) is 38.4. The molecule has 796 valence electrons. The Bertz CT molecular complexity index is 4710. The minimum Gasteiger partial charge on any atom is -0.508 e. The number of aromatic hydroxyl groups is 1. The number of unbranched alkanes of at least 4 members (excludes halogenated alkanes) is 6. The van der Waals surface area contributed by atoms with Crippen molar-refractivity contribution >= 4 is 123 Å². The smallest absolute Gasteiger partial charge is 0.246 e. The van der Waals surface area contributed by atoms with Crippen LogP contribution in [0.2, 0.25) is 0 Å². The number of hydrogen-bond donors (Lipinski definition) is 30. The van der Waals surface area contributed by atoms with E-state index in [2.05, 4.69) is 95.4 Å². The van der Waals surface area contributed by atoms with Crippen LogP contribution in [-0.2, 0) is 84.8 Å². The first-order valence-corrected chi connectivity index (χ1v) is 50.5. The number of carbonyl (C=O) groups excluding carboxylic acids is 15. The van der Waals surface area contributed by atoms with Crippen LogP contribution >= 0.6 is 0 Å². The Morgan fingerprint density at radius 2 is 0.776 bits per heavy atom. The minimum atomic E-state index is -1.62. The lowest BCUT2D eigenvalue weighted by atomic mass is 9.99. The predicted molar refractivity (Wildman–Crippen MR) is 542 cm³/mol. The zero-order valence-electron chi connectivity index (χ0n) is 84.0. The van der Waals surface area contributed by atoms with Gasteiger partial charge in [0.25, 0.3) is 0 Å². The van der Waals surface area contributed by atoms with Gasteiger partial charge in [0.1, 0.15) is 90.3 Å². The topological polar surface area (TPSA) is 781 Å². The van der Waals surface area contributed by atoms with Crippen LogP contribution in [-0.4, -0.2) is 282 Å². The number of carbonyl (C=O) groups is 15. The number of nitrogens with two attached hydrogens (primary N) is 7. The first-order valence-electron chi connectivity index (χ1n) is 50.5. The number of phenolic OH excluding ortho intramolecular Hbond substituents is 1. The molecule has 3 saturated heterocycles. The van der Waals surface area contributed by atoms with E-state index in [1.807, 2.05) is 6.92 Å². The third-order valence-electron chi connectivity index (χ3n) is 25.2. The largest absolute Gasteiger partial charge is 0.508 e. The molecule has 6 rings (SSSR count). The quantitative estimate of drug-likeness (QED) is 0.0161. The first kappa shape index (κ1) is 118. The lowest BCUT2D eigenvalue weighted by molar-refractivity contribution is -0.148. The van der Waals surface area contributed by atoms with Gasteiger partial charge >= 0.3 is 0 Å². The van der Waals surface area contributed by atoms with E-state index in [1.54, 1.807) is 72.0 Å². The van der Waals surface area contributed by atoms with Crippen molar-refractivity contribution in [1.82, 2.24) is 105 Å². The molecule has 1 aromatic heterocycles. The number of phenols is 1. The molecule has 3 aliphatic heterocycles. The number of para-hydroxylation sites is 1. The Labute approximate surface area is 836 Å². The van der Waals surface area contributed by atoms with E-state index < -0.39 is 203 Å². The molecule has 4 heterocycles. The molecule has 0 aliphatic carbocycles. The van der Waals surface area contributed by atoms with E-state index in [9.17, 15) is 9.90 Å². The van der Waals surface area contributed by atoms with Crippen LogP contribution in [0.15, 0.2) is 54.7 Å². The first-order chi connectivity index (χ1) is 68.1. The molecular weight excluding hydrogens is 1840 g/mol. The van der Waals surface area contributed by atoms with E-state index >= 15 is 67.1 Å². The van der Waals surface area contributed by atoms with Gasteiger partial charge in [0, 0.05) is 81.7 Å². The summed E-state index contributed by atoms with van der Waals surface area (Å²) in [4.78, 5) is 235. The van der Waals surface area contributed by atoms with Gasteiger partial charge < -0.3 is 150 Å². The number of aromatic nitrogens is 1. The second kappa shape index (κ2) is 62.3. The van der Waals surface area contributed by atoms with Crippen LogP contribution in [0, 0.1) is 39.4 Å². The molecule has 0 radical (unpaired) electrons. The van der Waals surface area contributed by atoms with Gasteiger partial charge in [-0.3, -0.25) is 93.6 Å². The monoisotopic (exact) mass is 2000 g/mol. The summed E-state index contributed by atoms with van der Waals surface area (Å²) >= 11 is 0. The summed E-state index contributed by atoms with van der Waals surface area (Å²) in [6.45, 7) is 12.7. The number of rotatable bonds is 43. The van der Waals surface area contributed by atoms with Gasteiger partial charge in [0.05, 0.1) is 0 Å². The molecule has 143 heavy (non-hydrogen) atoms. The Morgan fingerprint density at radius 1 is 0.413 bits per heavy atom. The van der Waals surface area contributed by atoms with Crippen LogP contribution in [0.4, 0.5) is 0 Å². The van der Waals surface area contributed by atoms with Gasteiger partial charge in [-0.1, -0.05) is 98.1 Å². The van der Waals surface area contributed by atoms with Crippen LogP contribution in [0.5, 0.6) is 5.75 Å². The summed E-state index contributed by atoms with van der Waals surface area (Å²) in [6.07, 6.45) is 5.12. The number of nitrogens with one attached hydrogen (secondary N) is 22. The van der Waals surface area contributed by atoms with Crippen molar-refractivity contribution in [3.8, 4) is 5.75 Å². The number of benzene rings is 2. The van der Waals surface area contributed by atoms with E-state index in [4.69, 9.17) is 61.8 Å². The fraction of sp³-hybridized carbons (Fsp3) is 0.656. The maximum absolute atomic E-state index is 15.8. The minimum absolute atomic E-state index is 0.000632. The van der Waals surface area contributed by atoms with Crippen molar-refractivity contribution in [2.24, 2.45) is 57.9 Å². The predicted octanol–water partition coefficient (Wildman–Crippen LogP) is -2.27. The number of amides is 15. The van der Waals surface area contributed by atoms with Gasteiger partial charge in [-0.15, -0.1) is 0 Å². The molecule has 0 unspecified atom stereocenters. The van der Waals surface area contributed by atoms with Crippen molar-refractivity contribution in [2.75, 3.05) is 58.9 Å². The molecule has 0 saturated carbocycles. The Hall–Kier alpha value is -13.2. The molecule has 0 bridgehead atoms. The molecule has 37 N–H and O–H groups in total. The summed E-state index contributed by atoms with van der Waals surface area (Å²) in [5, 5.41) is 90.2. The van der Waals surface area contributed by atoms with Gasteiger partial charge in [0.15, 0.2) is 23.8 Å². The number of hydrogen-bond acceptors (Lipinski definition) is 23. The zero-order valence-corrected chi connectivity index (χ0v) is 84.0. The molecule has 15 amide bonds. The molecule has 47 heteroatoms. The maximum Gasteiger partial charge on any atom is 0.246 e. The van der Waals surface area contributed by atoms with Crippen LogP contribution in [0.1, 0.15) is 233 Å². The number of H-pyrrole nitrogens is 1. The van der Waals surface area contributed by atoms with Crippen molar-refractivity contribution < 1.29 is 77.0 Å². The second-order valence-corrected chi connectivity index (χ2v) is 38.4. The lowest BCUT2D eigenvalue weighted by Crippen LogP contribution is -2.62. The van der Waals surface area contributed by atoms with E-state index in [1.165, 1.54) is 34.1 Å². The maximum atomic E-state index is 15.8. The van der Waals surface area contributed by atoms with E-state index in [0.29, 0.717) is 47.7 Å². The third kappa shape index (κ3) is 41.3. The number of fused-ring (bicyclic) bond motifs is 3. The normalized spacial score (nSPS) is 23.5. The SMILES string of the molecule is CCCCCCC(=O)N[C@H]1C[C@H]2C(=O)N[C@@H](CC(C)C)C(=O)N[C@@H](CCCNC(=N)N)C(=O)N[C@@H](CC(C)C)C(=O)N[C@@H](CCCCN)C(=O)N[C@@H](CCCCN)C(=O)N[C@@H](CCCNC(=N)N)C(=O)N[C@@H](CCCNC(=N)N)C(=O)N[C@@H](Cc3c[nH]c4ccccc34)C(=O)N[C@@H](CCCCN)C(=O)N[C@@H](Cc3ccc(O)cc3)C(=O)N[C@@H](CCCNC(=N)N)C(=O)N[C@@H](C(C)C)C(=O)N3CCC[C@@H]3C(=O)N2C1. The molecule has 3 fully saturated rings. The highest BCUT2D eigenvalue weighted by Gasteiger charge is 2.49. The molecule has 0 spiro atoms. The molecule has 2 aromatic carbocycles. The number of aromatic amines is 1. The zero-order chi connectivity index (χ0) is 105. The van der Waals surface area contributed by atoms with Crippen molar-refractivity contribution in [3.05, 3.63) is 65.9 Å².